The first-order chi connectivity index (χ1) is 10.9. The van der Waals surface area contributed by atoms with Crippen LogP contribution in [0.4, 0.5) is 0 Å². The Morgan fingerprint density at radius 1 is 0.591 bits per heavy atom. The molecule has 0 aliphatic carbocycles. The van der Waals surface area contributed by atoms with Crippen molar-refractivity contribution in [1.82, 2.24) is 0 Å². The summed E-state index contributed by atoms with van der Waals surface area (Å²) in [5.74, 6) is 0.290. The van der Waals surface area contributed by atoms with Gasteiger partial charge in [-0.25, -0.2) is 0 Å². The maximum atomic E-state index is 2.31. The van der Waals surface area contributed by atoms with E-state index < -0.39 is 0 Å². The summed E-state index contributed by atoms with van der Waals surface area (Å²) in [6.45, 7) is 0. The summed E-state index contributed by atoms with van der Waals surface area (Å²) < 4.78 is 1.36. The van der Waals surface area contributed by atoms with E-state index in [1.54, 1.807) is 0 Å². The standard InChI is InChI=1S/C21H16S/c1-3-9-16(10-4-1)21(17-11-5-2-6-12-17)19-15-22-20-14-8-7-13-18(19)20/h1-15,21H. The van der Waals surface area contributed by atoms with Crippen molar-refractivity contribution in [3.63, 3.8) is 0 Å². The minimum absolute atomic E-state index is 0.290. The lowest BCUT2D eigenvalue weighted by molar-refractivity contribution is 0.995. The third-order valence-electron chi connectivity index (χ3n) is 4.09. The van der Waals surface area contributed by atoms with Gasteiger partial charge in [-0.3, -0.25) is 0 Å². The number of hydrogen-bond acceptors (Lipinski definition) is 1. The van der Waals surface area contributed by atoms with Crippen molar-refractivity contribution in [1.29, 1.82) is 0 Å². The highest BCUT2D eigenvalue weighted by molar-refractivity contribution is 7.17. The third-order valence-corrected chi connectivity index (χ3v) is 5.07. The van der Waals surface area contributed by atoms with Crippen LogP contribution in [0.3, 0.4) is 0 Å². The van der Waals surface area contributed by atoms with Crippen molar-refractivity contribution in [2.45, 2.75) is 5.92 Å². The van der Waals surface area contributed by atoms with Crippen LogP contribution in [0.1, 0.15) is 22.6 Å². The van der Waals surface area contributed by atoms with E-state index in [2.05, 4.69) is 90.3 Å². The predicted molar refractivity (Wildman–Crippen MR) is 95.7 cm³/mol. The van der Waals surface area contributed by atoms with Crippen LogP contribution in [0.15, 0.2) is 90.3 Å². The van der Waals surface area contributed by atoms with Gasteiger partial charge in [0, 0.05) is 10.6 Å². The molecule has 0 unspecified atom stereocenters. The predicted octanol–water partition coefficient (Wildman–Crippen LogP) is 6.08. The Bertz CT molecular complexity index is 836. The van der Waals surface area contributed by atoms with Crippen LogP contribution >= 0.6 is 11.3 Å². The lowest BCUT2D eigenvalue weighted by Gasteiger charge is -2.18. The average Bonchev–Trinajstić information content (AvgIpc) is 3.01. The average molecular weight is 300 g/mol. The molecular weight excluding hydrogens is 284 g/mol. The summed E-state index contributed by atoms with van der Waals surface area (Å²) in [5, 5.41) is 3.68. The van der Waals surface area contributed by atoms with E-state index in [1.807, 2.05) is 11.3 Å². The molecular formula is C21H16S. The monoisotopic (exact) mass is 300 g/mol. The Kier molecular flexibility index (Phi) is 3.49. The number of benzene rings is 3. The first-order valence-corrected chi connectivity index (χ1v) is 8.37. The molecule has 0 radical (unpaired) electrons. The van der Waals surface area contributed by atoms with Gasteiger partial charge in [0.15, 0.2) is 0 Å². The Balaban J connectivity index is 1.95. The van der Waals surface area contributed by atoms with Crippen molar-refractivity contribution in [3.05, 3.63) is 107 Å². The summed E-state index contributed by atoms with van der Waals surface area (Å²) in [5.41, 5.74) is 4.09. The zero-order valence-electron chi connectivity index (χ0n) is 12.1. The Hall–Kier alpha value is -2.38. The van der Waals surface area contributed by atoms with Gasteiger partial charge in [0.25, 0.3) is 0 Å². The quantitative estimate of drug-likeness (QED) is 0.430. The van der Waals surface area contributed by atoms with Crippen LogP contribution in [0.2, 0.25) is 0 Å². The highest BCUT2D eigenvalue weighted by Crippen LogP contribution is 2.38. The first kappa shape index (κ1) is 13.3. The van der Waals surface area contributed by atoms with E-state index in [1.165, 1.54) is 26.8 Å². The van der Waals surface area contributed by atoms with Crippen LogP contribution in [0.5, 0.6) is 0 Å². The SMILES string of the molecule is c1ccc(C(c2ccccc2)c2csc3ccccc23)cc1. The van der Waals surface area contributed by atoms with Crippen LogP contribution in [-0.2, 0) is 0 Å². The highest BCUT2D eigenvalue weighted by Gasteiger charge is 2.19. The van der Waals surface area contributed by atoms with Crippen LogP contribution in [0, 0.1) is 0 Å². The molecule has 22 heavy (non-hydrogen) atoms. The summed E-state index contributed by atoms with van der Waals surface area (Å²) in [4.78, 5) is 0. The third kappa shape index (κ3) is 2.34. The van der Waals surface area contributed by atoms with E-state index in [9.17, 15) is 0 Å². The van der Waals surface area contributed by atoms with Gasteiger partial charge in [-0.05, 0) is 33.5 Å². The van der Waals surface area contributed by atoms with Crippen molar-refractivity contribution in [2.75, 3.05) is 0 Å². The zero-order valence-corrected chi connectivity index (χ0v) is 13.0. The molecule has 0 fully saturated rings. The molecule has 0 saturated heterocycles. The largest absolute Gasteiger partial charge is 0.143 e. The summed E-state index contributed by atoms with van der Waals surface area (Å²) >= 11 is 1.83. The van der Waals surface area contributed by atoms with E-state index in [-0.39, 0.29) is 0 Å². The fraction of sp³-hybridized carbons (Fsp3) is 0.0476. The number of hydrogen-bond donors (Lipinski definition) is 0. The maximum absolute atomic E-state index is 2.31. The van der Waals surface area contributed by atoms with Gasteiger partial charge in [-0.2, -0.15) is 0 Å². The summed E-state index contributed by atoms with van der Waals surface area (Å²) in [6.07, 6.45) is 0. The normalized spacial score (nSPS) is 11.1. The second-order valence-corrected chi connectivity index (χ2v) is 6.35. The van der Waals surface area contributed by atoms with Gasteiger partial charge < -0.3 is 0 Å². The molecule has 0 aliphatic heterocycles. The molecule has 0 amide bonds. The first-order valence-electron chi connectivity index (χ1n) is 7.49. The second-order valence-electron chi connectivity index (χ2n) is 5.44. The van der Waals surface area contributed by atoms with Crippen molar-refractivity contribution >= 4 is 21.4 Å². The molecule has 0 spiro atoms. The molecule has 0 N–H and O–H groups in total. The minimum Gasteiger partial charge on any atom is -0.143 e. The summed E-state index contributed by atoms with van der Waals surface area (Å²) in [7, 11) is 0. The Morgan fingerprint density at radius 3 is 1.77 bits per heavy atom. The molecule has 0 nitrogen and oxygen atoms in total. The van der Waals surface area contributed by atoms with E-state index >= 15 is 0 Å². The fourth-order valence-corrected chi connectivity index (χ4v) is 4.05. The lowest BCUT2D eigenvalue weighted by atomic mass is 9.85. The maximum Gasteiger partial charge on any atom is 0.0354 e. The number of rotatable bonds is 3. The van der Waals surface area contributed by atoms with Crippen LogP contribution in [0.25, 0.3) is 10.1 Å². The molecule has 3 aromatic carbocycles. The van der Waals surface area contributed by atoms with Gasteiger partial charge in [-0.1, -0.05) is 78.9 Å². The van der Waals surface area contributed by atoms with Gasteiger partial charge in [0.1, 0.15) is 0 Å². The molecule has 4 rings (SSSR count). The molecule has 1 heterocycles. The lowest BCUT2D eigenvalue weighted by Crippen LogP contribution is -2.02. The molecule has 106 valence electrons. The highest BCUT2D eigenvalue weighted by atomic mass is 32.1. The van der Waals surface area contributed by atoms with Crippen molar-refractivity contribution in [2.24, 2.45) is 0 Å². The van der Waals surface area contributed by atoms with Gasteiger partial charge in [-0.15, -0.1) is 11.3 Å². The van der Waals surface area contributed by atoms with Gasteiger partial charge in [0.2, 0.25) is 0 Å². The molecule has 1 aromatic heterocycles. The smallest absolute Gasteiger partial charge is 0.0354 e. The van der Waals surface area contributed by atoms with E-state index in [4.69, 9.17) is 0 Å². The van der Waals surface area contributed by atoms with Gasteiger partial charge in [0.05, 0.1) is 0 Å². The molecule has 1 heteroatoms. The molecule has 0 aliphatic rings. The van der Waals surface area contributed by atoms with Crippen molar-refractivity contribution < 1.29 is 0 Å². The minimum atomic E-state index is 0.290. The fourth-order valence-electron chi connectivity index (χ4n) is 3.06. The second kappa shape index (κ2) is 5.78. The topological polar surface area (TPSA) is 0 Å². The number of thiophene rings is 1. The number of fused-ring (bicyclic) bond motifs is 1. The molecule has 0 atom stereocenters. The molecule has 0 bridgehead atoms. The Morgan fingerprint density at radius 2 is 1.14 bits per heavy atom. The van der Waals surface area contributed by atoms with E-state index in [0.29, 0.717) is 5.92 Å². The van der Waals surface area contributed by atoms with Crippen LogP contribution in [-0.4, -0.2) is 0 Å². The van der Waals surface area contributed by atoms with Gasteiger partial charge >= 0.3 is 0 Å². The molecule has 4 aromatic rings. The zero-order chi connectivity index (χ0) is 14.8. The summed E-state index contributed by atoms with van der Waals surface area (Å²) in [6, 6.07) is 30.3. The Labute approximate surface area is 134 Å². The van der Waals surface area contributed by atoms with E-state index in [0.717, 1.165) is 0 Å². The van der Waals surface area contributed by atoms with Crippen LogP contribution < -0.4 is 0 Å². The van der Waals surface area contributed by atoms with Crippen molar-refractivity contribution in [3.8, 4) is 0 Å². The molecule has 0 saturated carbocycles.